The molecule has 1 aromatic rings. The molecular weight excluding hydrogens is 254 g/mol. The lowest BCUT2D eigenvalue weighted by atomic mass is 10.2. The van der Waals surface area contributed by atoms with Gasteiger partial charge in [-0.25, -0.2) is 0 Å². The molecule has 0 saturated carbocycles. The van der Waals surface area contributed by atoms with Crippen molar-refractivity contribution in [3.05, 3.63) is 36.2 Å². The number of carbonyl (C=O) groups excluding carboxylic acids is 1. The topological polar surface area (TPSA) is 54.8 Å². The number of carbonyl (C=O) groups is 1. The summed E-state index contributed by atoms with van der Waals surface area (Å²) >= 11 is 0. The van der Waals surface area contributed by atoms with Crippen LogP contribution in [-0.2, 0) is 9.53 Å². The number of likely N-dealkylation sites (N-methyl/N-ethyl adjacent to an activating group) is 1. The lowest BCUT2D eigenvalue weighted by molar-refractivity contribution is -0.135. The minimum Gasteiger partial charge on any atom is -0.347 e. The van der Waals surface area contributed by atoms with Gasteiger partial charge < -0.3 is 9.64 Å². The van der Waals surface area contributed by atoms with Gasteiger partial charge in [0.25, 0.3) is 0 Å². The summed E-state index contributed by atoms with van der Waals surface area (Å²) in [7, 11) is 3.39. The zero-order chi connectivity index (χ0) is 15.0. The number of pyridine rings is 1. The maximum atomic E-state index is 11.4. The van der Waals surface area contributed by atoms with E-state index in [2.05, 4.69) is 9.98 Å². The molecule has 1 amide bonds. The van der Waals surface area contributed by atoms with Gasteiger partial charge in [-0.3, -0.25) is 14.8 Å². The van der Waals surface area contributed by atoms with Gasteiger partial charge in [0.2, 0.25) is 5.91 Å². The standard InChI is InChI=1S/C15H21N3O2/c1-5-13(14-8-6-7-9-16-14)10-17-12(2)20-11-15(19)18(3)4/h5-10,12H,11H2,1-4H3/b13-5+,17-10-. The van der Waals surface area contributed by atoms with Gasteiger partial charge in [-0.1, -0.05) is 12.1 Å². The molecule has 0 aliphatic heterocycles. The number of amides is 1. The molecule has 1 aromatic heterocycles. The lowest BCUT2D eigenvalue weighted by Crippen LogP contribution is -2.27. The Labute approximate surface area is 120 Å². The molecule has 0 spiro atoms. The van der Waals surface area contributed by atoms with Crippen molar-refractivity contribution in [2.45, 2.75) is 20.1 Å². The molecule has 0 aromatic carbocycles. The van der Waals surface area contributed by atoms with E-state index in [1.807, 2.05) is 31.2 Å². The minimum absolute atomic E-state index is 0.0280. The van der Waals surface area contributed by atoms with E-state index in [-0.39, 0.29) is 18.7 Å². The van der Waals surface area contributed by atoms with Gasteiger partial charge in [0, 0.05) is 32.1 Å². The Bertz CT molecular complexity index is 481. The SMILES string of the molecule is C/C=C(\C=N/C(C)OCC(=O)N(C)C)c1ccccn1. The average Bonchev–Trinajstić information content (AvgIpc) is 2.46. The van der Waals surface area contributed by atoms with E-state index in [0.29, 0.717) is 0 Å². The van der Waals surface area contributed by atoms with Gasteiger partial charge in [-0.15, -0.1) is 0 Å². The van der Waals surface area contributed by atoms with Gasteiger partial charge in [-0.05, 0) is 26.0 Å². The van der Waals surface area contributed by atoms with E-state index in [1.165, 1.54) is 4.90 Å². The van der Waals surface area contributed by atoms with Crippen LogP contribution in [0.1, 0.15) is 19.5 Å². The fourth-order valence-electron chi connectivity index (χ4n) is 1.37. The number of ether oxygens (including phenoxy) is 1. The summed E-state index contributed by atoms with van der Waals surface area (Å²) in [5.74, 6) is -0.0805. The molecule has 0 aliphatic carbocycles. The summed E-state index contributed by atoms with van der Waals surface area (Å²) < 4.78 is 5.36. The van der Waals surface area contributed by atoms with Crippen molar-refractivity contribution in [1.82, 2.24) is 9.88 Å². The van der Waals surface area contributed by atoms with Gasteiger partial charge in [0.05, 0.1) is 5.69 Å². The third kappa shape index (κ3) is 5.32. The van der Waals surface area contributed by atoms with Crippen LogP contribution in [0.5, 0.6) is 0 Å². The summed E-state index contributed by atoms with van der Waals surface area (Å²) in [4.78, 5) is 21.4. The van der Waals surface area contributed by atoms with Gasteiger partial charge in [0.1, 0.15) is 12.8 Å². The second-order valence-electron chi connectivity index (χ2n) is 4.44. The molecule has 0 N–H and O–H groups in total. The van der Waals surface area contributed by atoms with Crippen LogP contribution >= 0.6 is 0 Å². The number of aliphatic imine (C=N–C) groups is 1. The number of allylic oxidation sites excluding steroid dienone is 2. The van der Waals surface area contributed by atoms with E-state index >= 15 is 0 Å². The van der Waals surface area contributed by atoms with Crippen LogP contribution in [0.3, 0.4) is 0 Å². The first-order valence-electron chi connectivity index (χ1n) is 6.47. The first-order chi connectivity index (χ1) is 9.54. The Morgan fingerprint density at radius 2 is 2.25 bits per heavy atom. The molecule has 5 nitrogen and oxygen atoms in total. The van der Waals surface area contributed by atoms with Crippen molar-refractivity contribution in [3.8, 4) is 0 Å². The zero-order valence-electron chi connectivity index (χ0n) is 12.4. The third-order valence-corrected chi connectivity index (χ3v) is 2.64. The summed E-state index contributed by atoms with van der Waals surface area (Å²) in [6.45, 7) is 3.75. The molecule has 20 heavy (non-hydrogen) atoms. The van der Waals surface area contributed by atoms with E-state index < -0.39 is 0 Å². The smallest absolute Gasteiger partial charge is 0.248 e. The lowest BCUT2D eigenvalue weighted by Gasteiger charge is -2.12. The van der Waals surface area contributed by atoms with Crippen molar-refractivity contribution in [2.75, 3.05) is 20.7 Å². The van der Waals surface area contributed by atoms with Crippen LogP contribution in [0.25, 0.3) is 5.57 Å². The fourth-order valence-corrected chi connectivity index (χ4v) is 1.37. The summed E-state index contributed by atoms with van der Waals surface area (Å²) in [6.07, 6.45) is 5.01. The average molecular weight is 275 g/mol. The maximum absolute atomic E-state index is 11.4. The van der Waals surface area contributed by atoms with E-state index in [1.54, 1.807) is 33.4 Å². The number of aromatic nitrogens is 1. The number of rotatable bonds is 6. The highest BCUT2D eigenvalue weighted by Crippen LogP contribution is 2.08. The highest BCUT2D eigenvalue weighted by molar-refractivity contribution is 6.08. The molecule has 1 atom stereocenters. The largest absolute Gasteiger partial charge is 0.347 e. The van der Waals surface area contributed by atoms with Crippen LogP contribution in [0.2, 0.25) is 0 Å². The first-order valence-corrected chi connectivity index (χ1v) is 6.47. The first kappa shape index (κ1) is 16.0. The molecule has 5 heteroatoms. The normalized spacial score (nSPS) is 13.5. The second-order valence-corrected chi connectivity index (χ2v) is 4.44. The molecule has 1 rings (SSSR count). The summed E-state index contributed by atoms with van der Waals surface area (Å²) in [5, 5.41) is 0. The predicted molar refractivity (Wildman–Crippen MR) is 80.5 cm³/mol. The summed E-state index contributed by atoms with van der Waals surface area (Å²) in [6, 6.07) is 5.71. The third-order valence-electron chi connectivity index (χ3n) is 2.64. The van der Waals surface area contributed by atoms with Crippen molar-refractivity contribution in [2.24, 2.45) is 4.99 Å². The Kier molecular flexibility index (Phi) is 6.59. The van der Waals surface area contributed by atoms with Crippen LogP contribution in [0.15, 0.2) is 35.5 Å². The van der Waals surface area contributed by atoms with Gasteiger partial charge >= 0.3 is 0 Å². The quantitative estimate of drug-likeness (QED) is 0.746. The molecule has 0 radical (unpaired) electrons. The van der Waals surface area contributed by atoms with Crippen molar-refractivity contribution in [1.29, 1.82) is 0 Å². The Morgan fingerprint density at radius 3 is 2.80 bits per heavy atom. The number of hydrogen-bond donors (Lipinski definition) is 0. The Hall–Kier alpha value is -2.01. The molecule has 0 fully saturated rings. The molecule has 1 heterocycles. The van der Waals surface area contributed by atoms with Crippen LogP contribution in [0, 0.1) is 0 Å². The van der Waals surface area contributed by atoms with Gasteiger partial charge in [-0.2, -0.15) is 0 Å². The molecular formula is C15H21N3O2. The number of nitrogens with zero attached hydrogens (tertiary/aromatic N) is 3. The van der Waals surface area contributed by atoms with Crippen molar-refractivity contribution < 1.29 is 9.53 Å². The Morgan fingerprint density at radius 1 is 1.50 bits per heavy atom. The fraction of sp³-hybridized carbons (Fsp3) is 0.400. The van der Waals surface area contributed by atoms with Crippen LogP contribution in [0.4, 0.5) is 0 Å². The molecule has 0 saturated heterocycles. The molecule has 0 bridgehead atoms. The van der Waals surface area contributed by atoms with Crippen LogP contribution in [-0.4, -0.2) is 48.9 Å². The molecule has 108 valence electrons. The van der Waals surface area contributed by atoms with Gasteiger partial charge in [0.15, 0.2) is 0 Å². The predicted octanol–water partition coefficient (Wildman–Crippen LogP) is 2.01. The number of hydrogen-bond acceptors (Lipinski definition) is 4. The second kappa shape index (κ2) is 8.22. The monoisotopic (exact) mass is 275 g/mol. The Balaban J connectivity index is 2.56. The highest BCUT2D eigenvalue weighted by Gasteiger charge is 2.07. The zero-order valence-corrected chi connectivity index (χ0v) is 12.4. The highest BCUT2D eigenvalue weighted by atomic mass is 16.5. The molecule has 0 aliphatic rings. The molecule has 1 unspecified atom stereocenters. The van der Waals surface area contributed by atoms with Crippen LogP contribution < -0.4 is 0 Å². The minimum atomic E-state index is -0.377. The van der Waals surface area contributed by atoms with Crippen molar-refractivity contribution in [3.63, 3.8) is 0 Å². The van der Waals surface area contributed by atoms with E-state index in [4.69, 9.17) is 4.74 Å². The van der Waals surface area contributed by atoms with E-state index in [9.17, 15) is 4.79 Å². The maximum Gasteiger partial charge on any atom is 0.248 e. The van der Waals surface area contributed by atoms with E-state index in [0.717, 1.165) is 11.3 Å². The summed E-state index contributed by atoms with van der Waals surface area (Å²) in [5.41, 5.74) is 1.77. The van der Waals surface area contributed by atoms with Crippen molar-refractivity contribution >= 4 is 17.7 Å².